The van der Waals surface area contributed by atoms with Gasteiger partial charge in [0.15, 0.2) is 0 Å². The lowest BCUT2D eigenvalue weighted by Crippen LogP contribution is -2.50. The number of pyridine rings is 1. The third-order valence-corrected chi connectivity index (χ3v) is 3.90. The molecule has 6 nitrogen and oxygen atoms in total. The highest BCUT2D eigenvalue weighted by Gasteiger charge is 2.22. The van der Waals surface area contributed by atoms with Crippen molar-refractivity contribution in [3.8, 4) is 0 Å². The molecule has 2 unspecified atom stereocenters. The van der Waals surface area contributed by atoms with Gasteiger partial charge in [-0.3, -0.25) is 14.6 Å². The second-order valence-corrected chi connectivity index (χ2v) is 5.89. The van der Waals surface area contributed by atoms with Gasteiger partial charge in [0.1, 0.15) is 6.04 Å². The molecule has 0 aliphatic heterocycles. The molecule has 2 rings (SSSR count). The van der Waals surface area contributed by atoms with Crippen molar-refractivity contribution in [3.05, 3.63) is 66.0 Å². The second-order valence-electron chi connectivity index (χ2n) is 5.89. The van der Waals surface area contributed by atoms with E-state index in [0.29, 0.717) is 18.5 Å². The standard InChI is InChI=1S/C19H24N4O2/c1-14(20-2)12-22-19(25)17(11-15-7-4-3-5-8-15)23-18(24)16-9-6-10-21-13-16/h3-10,13-14,17,20H,11-12H2,1-2H3,(H,22,25)(H,23,24). The normalized spacial score (nSPS) is 12.9. The molecular weight excluding hydrogens is 316 g/mol. The van der Waals surface area contributed by atoms with Crippen molar-refractivity contribution in [1.82, 2.24) is 20.9 Å². The topological polar surface area (TPSA) is 83.1 Å². The average molecular weight is 340 g/mol. The van der Waals surface area contributed by atoms with Crippen molar-refractivity contribution in [1.29, 1.82) is 0 Å². The number of hydrogen-bond acceptors (Lipinski definition) is 4. The summed E-state index contributed by atoms with van der Waals surface area (Å²) in [6.07, 6.45) is 3.51. The third-order valence-electron chi connectivity index (χ3n) is 3.90. The smallest absolute Gasteiger partial charge is 0.253 e. The van der Waals surface area contributed by atoms with Crippen LogP contribution in [-0.4, -0.2) is 42.5 Å². The molecule has 0 aliphatic carbocycles. The zero-order valence-electron chi connectivity index (χ0n) is 14.5. The molecule has 1 aromatic heterocycles. The van der Waals surface area contributed by atoms with Crippen LogP contribution in [0.4, 0.5) is 0 Å². The number of likely N-dealkylation sites (N-methyl/N-ethyl adjacent to an activating group) is 1. The van der Waals surface area contributed by atoms with Gasteiger partial charge in [-0.2, -0.15) is 0 Å². The Bertz CT molecular complexity index is 676. The Balaban J connectivity index is 2.08. The van der Waals surface area contributed by atoms with Gasteiger partial charge in [-0.05, 0) is 31.7 Å². The van der Waals surface area contributed by atoms with Crippen LogP contribution in [0.3, 0.4) is 0 Å². The van der Waals surface area contributed by atoms with Crippen molar-refractivity contribution in [2.24, 2.45) is 0 Å². The molecule has 0 bridgehead atoms. The number of carbonyl (C=O) groups is 2. The van der Waals surface area contributed by atoms with Crippen LogP contribution in [0.15, 0.2) is 54.9 Å². The van der Waals surface area contributed by atoms with Gasteiger partial charge in [0.2, 0.25) is 5.91 Å². The van der Waals surface area contributed by atoms with Gasteiger partial charge >= 0.3 is 0 Å². The molecule has 0 saturated carbocycles. The summed E-state index contributed by atoms with van der Waals surface area (Å²) in [6.45, 7) is 2.46. The number of rotatable bonds is 8. The van der Waals surface area contributed by atoms with E-state index in [4.69, 9.17) is 0 Å². The van der Waals surface area contributed by atoms with Gasteiger partial charge in [0.05, 0.1) is 5.56 Å². The third kappa shape index (κ3) is 6.00. The fourth-order valence-corrected chi connectivity index (χ4v) is 2.28. The first-order valence-electron chi connectivity index (χ1n) is 8.30. The van der Waals surface area contributed by atoms with Gasteiger partial charge < -0.3 is 16.0 Å². The van der Waals surface area contributed by atoms with Gasteiger partial charge in [-0.25, -0.2) is 0 Å². The highest BCUT2D eigenvalue weighted by atomic mass is 16.2. The number of carbonyl (C=O) groups excluding carboxylic acids is 2. The maximum atomic E-state index is 12.6. The van der Waals surface area contributed by atoms with Crippen LogP contribution in [0, 0.1) is 0 Å². The van der Waals surface area contributed by atoms with Crippen LogP contribution in [0.5, 0.6) is 0 Å². The average Bonchev–Trinajstić information content (AvgIpc) is 2.66. The van der Waals surface area contributed by atoms with E-state index in [-0.39, 0.29) is 17.9 Å². The van der Waals surface area contributed by atoms with Crippen LogP contribution in [0.2, 0.25) is 0 Å². The largest absolute Gasteiger partial charge is 0.353 e. The second kappa shape index (κ2) is 9.54. The Labute approximate surface area is 148 Å². The molecule has 2 aromatic rings. The lowest BCUT2D eigenvalue weighted by molar-refractivity contribution is -0.123. The molecule has 6 heteroatoms. The first-order chi connectivity index (χ1) is 12.1. The Kier molecular flexibility index (Phi) is 7.10. The predicted molar refractivity (Wildman–Crippen MR) is 97.2 cm³/mol. The fourth-order valence-electron chi connectivity index (χ4n) is 2.28. The molecule has 0 fully saturated rings. The molecule has 2 atom stereocenters. The van der Waals surface area contributed by atoms with Crippen molar-refractivity contribution >= 4 is 11.8 Å². The number of aromatic nitrogens is 1. The van der Waals surface area contributed by atoms with E-state index in [1.54, 1.807) is 18.3 Å². The Morgan fingerprint density at radius 3 is 2.52 bits per heavy atom. The lowest BCUT2D eigenvalue weighted by atomic mass is 10.0. The summed E-state index contributed by atoms with van der Waals surface area (Å²) in [5.41, 5.74) is 1.41. The van der Waals surface area contributed by atoms with E-state index in [0.717, 1.165) is 5.56 Å². The molecule has 132 valence electrons. The van der Waals surface area contributed by atoms with E-state index in [2.05, 4.69) is 20.9 Å². The number of amides is 2. The van der Waals surface area contributed by atoms with Gasteiger partial charge in [0.25, 0.3) is 5.91 Å². The molecule has 0 saturated heterocycles. The molecule has 0 aliphatic rings. The van der Waals surface area contributed by atoms with E-state index in [1.165, 1.54) is 6.20 Å². The van der Waals surface area contributed by atoms with Crippen LogP contribution in [0.25, 0.3) is 0 Å². The van der Waals surface area contributed by atoms with Crippen molar-refractivity contribution < 1.29 is 9.59 Å². The van der Waals surface area contributed by atoms with E-state index >= 15 is 0 Å². The highest BCUT2D eigenvalue weighted by molar-refractivity contribution is 5.97. The molecule has 0 spiro atoms. The minimum absolute atomic E-state index is 0.148. The fraction of sp³-hybridized carbons (Fsp3) is 0.316. The minimum Gasteiger partial charge on any atom is -0.353 e. The van der Waals surface area contributed by atoms with E-state index < -0.39 is 6.04 Å². The Hall–Kier alpha value is -2.73. The molecular formula is C19H24N4O2. The van der Waals surface area contributed by atoms with Crippen molar-refractivity contribution in [2.45, 2.75) is 25.4 Å². The van der Waals surface area contributed by atoms with E-state index in [9.17, 15) is 9.59 Å². The maximum absolute atomic E-state index is 12.6. The highest BCUT2D eigenvalue weighted by Crippen LogP contribution is 2.05. The summed E-state index contributed by atoms with van der Waals surface area (Å²) in [5.74, 6) is -0.519. The Morgan fingerprint density at radius 1 is 1.12 bits per heavy atom. The molecule has 1 aromatic carbocycles. The Morgan fingerprint density at radius 2 is 1.88 bits per heavy atom. The molecule has 2 amide bonds. The monoisotopic (exact) mass is 340 g/mol. The first kappa shape index (κ1) is 18.6. The van der Waals surface area contributed by atoms with Crippen molar-refractivity contribution in [3.63, 3.8) is 0 Å². The maximum Gasteiger partial charge on any atom is 0.253 e. The zero-order valence-corrected chi connectivity index (χ0v) is 14.5. The number of nitrogens with zero attached hydrogens (tertiary/aromatic N) is 1. The number of nitrogens with one attached hydrogen (secondary N) is 3. The van der Waals surface area contributed by atoms with Crippen LogP contribution >= 0.6 is 0 Å². The van der Waals surface area contributed by atoms with Crippen LogP contribution in [-0.2, 0) is 11.2 Å². The SMILES string of the molecule is CNC(C)CNC(=O)C(Cc1ccccc1)NC(=O)c1cccnc1. The van der Waals surface area contributed by atoms with Crippen LogP contribution in [0.1, 0.15) is 22.8 Å². The summed E-state index contributed by atoms with van der Waals surface area (Å²) < 4.78 is 0. The van der Waals surface area contributed by atoms with Gasteiger partial charge in [0, 0.05) is 31.4 Å². The molecule has 1 heterocycles. The van der Waals surface area contributed by atoms with Gasteiger partial charge in [-0.15, -0.1) is 0 Å². The quantitative estimate of drug-likeness (QED) is 0.673. The molecule has 25 heavy (non-hydrogen) atoms. The lowest BCUT2D eigenvalue weighted by Gasteiger charge is -2.20. The summed E-state index contributed by atoms with van der Waals surface area (Å²) in [4.78, 5) is 28.9. The predicted octanol–water partition coefficient (Wildman–Crippen LogP) is 1.15. The zero-order chi connectivity index (χ0) is 18.1. The first-order valence-corrected chi connectivity index (χ1v) is 8.30. The van der Waals surface area contributed by atoms with Crippen LogP contribution < -0.4 is 16.0 Å². The summed E-state index contributed by atoms with van der Waals surface area (Å²) in [7, 11) is 1.84. The van der Waals surface area contributed by atoms with Gasteiger partial charge in [-0.1, -0.05) is 30.3 Å². The minimum atomic E-state index is -0.654. The summed E-state index contributed by atoms with van der Waals surface area (Å²) in [5, 5.41) is 8.76. The summed E-state index contributed by atoms with van der Waals surface area (Å²) >= 11 is 0. The van der Waals surface area contributed by atoms with E-state index in [1.807, 2.05) is 44.3 Å². The molecule has 3 N–H and O–H groups in total. The molecule has 0 radical (unpaired) electrons. The van der Waals surface area contributed by atoms with Crippen molar-refractivity contribution in [2.75, 3.05) is 13.6 Å². The number of benzene rings is 1. The number of hydrogen-bond donors (Lipinski definition) is 3. The summed E-state index contributed by atoms with van der Waals surface area (Å²) in [6, 6.07) is 12.5.